The summed E-state index contributed by atoms with van der Waals surface area (Å²) in [6.45, 7) is 4.04. The van der Waals surface area contributed by atoms with Gasteiger partial charge in [0.1, 0.15) is 6.54 Å². The zero-order valence-electron chi connectivity index (χ0n) is 10.8. The van der Waals surface area contributed by atoms with E-state index in [1.807, 2.05) is 0 Å². The van der Waals surface area contributed by atoms with E-state index in [9.17, 15) is 9.59 Å². The molecule has 1 aromatic rings. The van der Waals surface area contributed by atoms with Crippen LogP contribution in [0.15, 0.2) is 18.2 Å². The fraction of sp³-hybridized carbons (Fsp3) is 0.385. The van der Waals surface area contributed by atoms with Crippen molar-refractivity contribution in [3.05, 3.63) is 33.8 Å². The third-order valence-corrected chi connectivity index (χ3v) is 3.02. The predicted octanol–water partition coefficient (Wildman–Crippen LogP) is 3.02. The molecule has 0 radical (unpaired) electrons. The smallest absolute Gasteiger partial charge is 0.325 e. The Morgan fingerprint density at radius 3 is 2.53 bits per heavy atom. The van der Waals surface area contributed by atoms with Crippen molar-refractivity contribution in [2.75, 3.05) is 19.7 Å². The molecule has 0 fully saturated rings. The van der Waals surface area contributed by atoms with Gasteiger partial charge in [0.05, 0.1) is 17.2 Å². The summed E-state index contributed by atoms with van der Waals surface area (Å²) < 4.78 is 4.82. The molecule has 0 aliphatic rings. The second kappa shape index (κ2) is 7.36. The molecule has 0 saturated heterocycles. The Kier molecular flexibility index (Phi) is 6.12. The molecule has 19 heavy (non-hydrogen) atoms. The third-order valence-electron chi connectivity index (χ3n) is 2.45. The van der Waals surface area contributed by atoms with Crippen molar-refractivity contribution in [2.24, 2.45) is 0 Å². The monoisotopic (exact) mass is 303 g/mol. The molecule has 104 valence electrons. The van der Waals surface area contributed by atoms with Crippen LogP contribution in [0.2, 0.25) is 10.0 Å². The van der Waals surface area contributed by atoms with E-state index in [-0.39, 0.29) is 24.6 Å². The topological polar surface area (TPSA) is 46.6 Å². The van der Waals surface area contributed by atoms with E-state index < -0.39 is 5.97 Å². The van der Waals surface area contributed by atoms with Gasteiger partial charge in [0.15, 0.2) is 0 Å². The highest BCUT2D eigenvalue weighted by atomic mass is 35.5. The molecular weight excluding hydrogens is 289 g/mol. The minimum absolute atomic E-state index is 0.105. The first-order chi connectivity index (χ1) is 8.99. The van der Waals surface area contributed by atoms with E-state index in [4.69, 9.17) is 27.9 Å². The van der Waals surface area contributed by atoms with Gasteiger partial charge in [0, 0.05) is 11.6 Å². The lowest BCUT2D eigenvalue weighted by Gasteiger charge is -2.20. The van der Waals surface area contributed by atoms with Crippen molar-refractivity contribution in [1.82, 2.24) is 4.90 Å². The maximum atomic E-state index is 12.3. The van der Waals surface area contributed by atoms with Crippen molar-refractivity contribution in [3.8, 4) is 0 Å². The SMILES string of the molecule is CCOC(=O)CN(CC)C(=O)c1cc(Cl)ccc1Cl. The molecular formula is C13H15Cl2NO3. The summed E-state index contributed by atoms with van der Waals surface area (Å²) in [5.74, 6) is -0.793. The lowest BCUT2D eigenvalue weighted by molar-refractivity contribution is -0.143. The van der Waals surface area contributed by atoms with Gasteiger partial charge < -0.3 is 9.64 Å². The van der Waals surface area contributed by atoms with Gasteiger partial charge in [0.2, 0.25) is 0 Å². The van der Waals surface area contributed by atoms with Crippen LogP contribution in [0.4, 0.5) is 0 Å². The molecule has 0 spiro atoms. The summed E-state index contributed by atoms with van der Waals surface area (Å²) >= 11 is 11.8. The second-order valence-corrected chi connectivity index (χ2v) is 4.59. The van der Waals surface area contributed by atoms with Gasteiger partial charge in [0.25, 0.3) is 5.91 Å². The zero-order valence-corrected chi connectivity index (χ0v) is 12.3. The Bertz CT molecular complexity index is 477. The number of esters is 1. The Morgan fingerprint density at radius 2 is 1.95 bits per heavy atom. The largest absolute Gasteiger partial charge is 0.465 e. The highest BCUT2D eigenvalue weighted by Gasteiger charge is 2.20. The molecule has 0 aliphatic heterocycles. The molecule has 6 heteroatoms. The average molecular weight is 304 g/mol. The average Bonchev–Trinajstić information content (AvgIpc) is 2.38. The normalized spacial score (nSPS) is 10.1. The van der Waals surface area contributed by atoms with Crippen LogP contribution in [-0.2, 0) is 9.53 Å². The number of carbonyl (C=O) groups excluding carboxylic acids is 2. The maximum Gasteiger partial charge on any atom is 0.325 e. The van der Waals surface area contributed by atoms with Gasteiger partial charge in [-0.15, -0.1) is 0 Å². The van der Waals surface area contributed by atoms with E-state index in [1.54, 1.807) is 26.0 Å². The van der Waals surface area contributed by atoms with Crippen molar-refractivity contribution in [3.63, 3.8) is 0 Å². The quantitative estimate of drug-likeness (QED) is 0.786. The van der Waals surface area contributed by atoms with Gasteiger partial charge in [-0.1, -0.05) is 23.2 Å². The fourth-order valence-corrected chi connectivity index (χ4v) is 1.89. The molecule has 4 nitrogen and oxygen atoms in total. The minimum atomic E-state index is -0.448. The molecule has 0 bridgehead atoms. The molecule has 0 atom stereocenters. The van der Waals surface area contributed by atoms with Crippen LogP contribution in [0.5, 0.6) is 0 Å². The molecule has 0 saturated carbocycles. The van der Waals surface area contributed by atoms with Crippen molar-refractivity contribution in [1.29, 1.82) is 0 Å². The van der Waals surface area contributed by atoms with E-state index in [0.717, 1.165) is 0 Å². The van der Waals surface area contributed by atoms with Crippen molar-refractivity contribution < 1.29 is 14.3 Å². The summed E-state index contributed by atoms with van der Waals surface area (Å²) in [5.41, 5.74) is 0.278. The fourth-order valence-electron chi connectivity index (χ4n) is 1.52. The van der Waals surface area contributed by atoms with E-state index in [2.05, 4.69) is 0 Å². The van der Waals surface area contributed by atoms with Crippen LogP contribution in [-0.4, -0.2) is 36.5 Å². The van der Waals surface area contributed by atoms with Gasteiger partial charge in [-0.25, -0.2) is 0 Å². The number of likely N-dealkylation sites (N-methyl/N-ethyl adjacent to an activating group) is 1. The van der Waals surface area contributed by atoms with Crippen LogP contribution in [0.3, 0.4) is 0 Å². The first-order valence-electron chi connectivity index (χ1n) is 5.89. The minimum Gasteiger partial charge on any atom is -0.465 e. The van der Waals surface area contributed by atoms with Crippen LogP contribution in [0, 0.1) is 0 Å². The van der Waals surface area contributed by atoms with Crippen LogP contribution < -0.4 is 0 Å². The van der Waals surface area contributed by atoms with Crippen LogP contribution in [0.1, 0.15) is 24.2 Å². The lowest BCUT2D eigenvalue weighted by atomic mass is 10.2. The number of nitrogens with zero attached hydrogens (tertiary/aromatic N) is 1. The lowest BCUT2D eigenvalue weighted by Crippen LogP contribution is -2.36. The Balaban J connectivity index is 2.89. The number of carbonyl (C=O) groups is 2. The second-order valence-electron chi connectivity index (χ2n) is 3.75. The summed E-state index contributed by atoms with van der Waals surface area (Å²) in [7, 11) is 0. The highest BCUT2D eigenvalue weighted by Crippen LogP contribution is 2.22. The summed E-state index contributed by atoms with van der Waals surface area (Å²) in [6.07, 6.45) is 0. The highest BCUT2D eigenvalue weighted by molar-refractivity contribution is 6.35. The number of hydrogen-bond donors (Lipinski definition) is 0. The van der Waals surface area contributed by atoms with Crippen molar-refractivity contribution in [2.45, 2.75) is 13.8 Å². The van der Waals surface area contributed by atoms with E-state index in [0.29, 0.717) is 16.6 Å². The maximum absolute atomic E-state index is 12.3. The number of hydrogen-bond acceptors (Lipinski definition) is 3. The molecule has 0 heterocycles. The van der Waals surface area contributed by atoms with Gasteiger partial charge in [-0.2, -0.15) is 0 Å². The van der Waals surface area contributed by atoms with Crippen LogP contribution >= 0.6 is 23.2 Å². The summed E-state index contributed by atoms with van der Waals surface area (Å²) in [5, 5.41) is 0.719. The standard InChI is InChI=1S/C13H15Cl2NO3/c1-3-16(8-12(17)19-4-2)13(18)10-7-9(14)5-6-11(10)15/h5-7H,3-4,8H2,1-2H3. The Morgan fingerprint density at radius 1 is 1.26 bits per heavy atom. The molecule has 0 unspecified atom stereocenters. The molecule has 1 amide bonds. The van der Waals surface area contributed by atoms with Crippen molar-refractivity contribution >= 4 is 35.1 Å². The summed E-state index contributed by atoms with van der Waals surface area (Å²) in [6, 6.07) is 4.64. The Hall–Kier alpha value is -1.26. The van der Waals surface area contributed by atoms with Gasteiger partial charge in [-0.3, -0.25) is 9.59 Å². The number of benzene rings is 1. The van der Waals surface area contributed by atoms with Gasteiger partial charge >= 0.3 is 5.97 Å². The first kappa shape index (κ1) is 15.8. The third kappa shape index (κ3) is 4.40. The molecule has 0 N–H and O–H groups in total. The molecule has 1 rings (SSSR count). The predicted molar refractivity (Wildman–Crippen MR) is 74.7 cm³/mol. The molecule has 0 aliphatic carbocycles. The first-order valence-corrected chi connectivity index (χ1v) is 6.65. The zero-order chi connectivity index (χ0) is 14.4. The number of amides is 1. The number of rotatable bonds is 5. The summed E-state index contributed by atoms with van der Waals surface area (Å²) in [4.78, 5) is 25.0. The van der Waals surface area contributed by atoms with Crippen LogP contribution in [0.25, 0.3) is 0 Å². The van der Waals surface area contributed by atoms with E-state index >= 15 is 0 Å². The molecule has 0 aromatic heterocycles. The molecule has 1 aromatic carbocycles. The van der Waals surface area contributed by atoms with Gasteiger partial charge in [-0.05, 0) is 32.0 Å². The Labute approximate surface area is 122 Å². The number of ether oxygens (including phenoxy) is 1. The number of halogens is 2. The van der Waals surface area contributed by atoms with E-state index in [1.165, 1.54) is 11.0 Å².